The van der Waals surface area contributed by atoms with Crippen molar-refractivity contribution in [1.29, 1.82) is 0 Å². The summed E-state index contributed by atoms with van der Waals surface area (Å²) >= 11 is 5.05. The topological polar surface area (TPSA) is 80.5 Å². The van der Waals surface area contributed by atoms with Crippen molar-refractivity contribution in [2.24, 2.45) is 5.73 Å². The minimum absolute atomic E-state index is 0.0672. The van der Waals surface area contributed by atoms with Crippen LogP contribution in [0.4, 0.5) is 5.69 Å². The average Bonchev–Trinajstić information content (AvgIpc) is 2.46. The third-order valence-electron chi connectivity index (χ3n) is 3.19. The lowest BCUT2D eigenvalue weighted by molar-refractivity contribution is -0.125. The van der Waals surface area contributed by atoms with Crippen molar-refractivity contribution in [2.75, 3.05) is 24.7 Å². The highest BCUT2D eigenvalue weighted by Gasteiger charge is 2.31. The number of morpholine rings is 1. The fourth-order valence-corrected chi connectivity index (χ4v) is 2.47. The predicted molar refractivity (Wildman–Crippen MR) is 85.4 cm³/mol. The van der Waals surface area contributed by atoms with E-state index < -0.39 is 6.04 Å². The summed E-state index contributed by atoms with van der Waals surface area (Å²) in [4.78, 5) is 18.8. The number of amides is 1. The van der Waals surface area contributed by atoms with Gasteiger partial charge in [-0.15, -0.1) is 0 Å². The molecule has 1 unspecified atom stereocenters. The van der Waals surface area contributed by atoms with Gasteiger partial charge in [0.25, 0.3) is 0 Å². The van der Waals surface area contributed by atoms with Crippen molar-refractivity contribution in [3.8, 4) is 0 Å². The van der Waals surface area contributed by atoms with E-state index in [4.69, 9.17) is 22.7 Å². The highest BCUT2D eigenvalue weighted by molar-refractivity contribution is 7.80. The standard InChI is InChI=1S/C14H20N4O2S/c1-9(2)17-14(19)11-8-20-7-6-18(11)10-4-3-5-16-12(10)13(15)21/h3-5,9,11H,6-8H2,1-2H3,(H2,15,21)(H,17,19). The maximum atomic E-state index is 12.4. The number of aromatic nitrogens is 1. The molecule has 0 aliphatic carbocycles. The average molecular weight is 308 g/mol. The number of ether oxygens (including phenoxy) is 1. The molecule has 114 valence electrons. The number of hydrogen-bond donors (Lipinski definition) is 2. The van der Waals surface area contributed by atoms with Crippen LogP contribution < -0.4 is 16.0 Å². The second kappa shape index (κ2) is 6.82. The van der Waals surface area contributed by atoms with E-state index >= 15 is 0 Å². The fraction of sp³-hybridized carbons (Fsp3) is 0.500. The molecule has 1 saturated heterocycles. The lowest BCUT2D eigenvalue weighted by Crippen LogP contribution is -2.55. The van der Waals surface area contributed by atoms with E-state index in [1.807, 2.05) is 30.9 Å². The first-order chi connectivity index (χ1) is 10.0. The molecule has 21 heavy (non-hydrogen) atoms. The Balaban J connectivity index is 2.31. The van der Waals surface area contributed by atoms with Gasteiger partial charge in [-0.3, -0.25) is 9.78 Å². The summed E-state index contributed by atoms with van der Waals surface area (Å²) in [6.45, 7) is 5.34. The Hall–Kier alpha value is -1.73. The molecular formula is C14H20N4O2S. The van der Waals surface area contributed by atoms with Crippen LogP contribution in [0.25, 0.3) is 0 Å². The first kappa shape index (κ1) is 15.7. The molecule has 0 radical (unpaired) electrons. The molecule has 1 fully saturated rings. The predicted octanol–water partition coefficient (Wildman–Crippen LogP) is 0.446. The van der Waals surface area contributed by atoms with E-state index in [0.29, 0.717) is 25.5 Å². The monoisotopic (exact) mass is 308 g/mol. The van der Waals surface area contributed by atoms with Gasteiger partial charge in [-0.2, -0.15) is 0 Å². The number of carbonyl (C=O) groups is 1. The SMILES string of the molecule is CC(C)NC(=O)C1COCCN1c1cccnc1C(N)=S. The Kier molecular flexibility index (Phi) is 5.08. The van der Waals surface area contributed by atoms with Crippen LogP contribution in [-0.4, -0.2) is 47.7 Å². The zero-order valence-electron chi connectivity index (χ0n) is 12.2. The van der Waals surface area contributed by atoms with Crippen molar-refractivity contribution in [1.82, 2.24) is 10.3 Å². The van der Waals surface area contributed by atoms with E-state index in [9.17, 15) is 4.79 Å². The van der Waals surface area contributed by atoms with Crippen molar-refractivity contribution < 1.29 is 9.53 Å². The third kappa shape index (κ3) is 3.68. The van der Waals surface area contributed by atoms with E-state index in [1.165, 1.54) is 0 Å². The number of hydrogen-bond acceptors (Lipinski definition) is 5. The van der Waals surface area contributed by atoms with Gasteiger partial charge < -0.3 is 20.7 Å². The first-order valence-corrected chi connectivity index (χ1v) is 7.31. The number of thiocarbonyl (C=S) groups is 1. The Morgan fingerprint density at radius 1 is 1.62 bits per heavy atom. The van der Waals surface area contributed by atoms with Gasteiger partial charge >= 0.3 is 0 Å². The molecule has 1 aromatic heterocycles. The van der Waals surface area contributed by atoms with Gasteiger partial charge in [0.05, 0.1) is 18.9 Å². The Bertz CT molecular complexity index is 535. The second-order valence-electron chi connectivity index (χ2n) is 5.18. The molecule has 1 aliphatic rings. The molecule has 6 nitrogen and oxygen atoms in total. The van der Waals surface area contributed by atoms with Crippen molar-refractivity contribution in [3.63, 3.8) is 0 Å². The highest BCUT2D eigenvalue weighted by Crippen LogP contribution is 2.23. The molecule has 0 aromatic carbocycles. The lowest BCUT2D eigenvalue weighted by atomic mass is 10.1. The molecular weight excluding hydrogens is 288 g/mol. The van der Waals surface area contributed by atoms with Crippen molar-refractivity contribution in [3.05, 3.63) is 24.0 Å². The van der Waals surface area contributed by atoms with Crippen LogP contribution in [0.5, 0.6) is 0 Å². The molecule has 0 saturated carbocycles. The number of pyridine rings is 1. The number of rotatable bonds is 4. The molecule has 1 atom stereocenters. The summed E-state index contributed by atoms with van der Waals surface area (Å²) in [6, 6.07) is 3.36. The summed E-state index contributed by atoms with van der Waals surface area (Å²) in [5.74, 6) is -0.0672. The van der Waals surface area contributed by atoms with Crippen LogP contribution in [0, 0.1) is 0 Å². The molecule has 1 aromatic rings. The quantitative estimate of drug-likeness (QED) is 0.786. The number of nitrogens with two attached hydrogens (primary N) is 1. The smallest absolute Gasteiger partial charge is 0.245 e. The Labute approximate surface area is 129 Å². The summed E-state index contributed by atoms with van der Waals surface area (Å²) in [7, 11) is 0. The van der Waals surface area contributed by atoms with Gasteiger partial charge in [0.2, 0.25) is 5.91 Å². The zero-order valence-corrected chi connectivity index (χ0v) is 13.0. The molecule has 3 N–H and O–H groups in total. The zero-order chi connectivity index (χ0) is 15.4. The summed E-state index contributed by atoms with van der Waals surface area (Å²) in [5, 5.41) is 2.92. The normalized spacial score (nSPS) is 18.6. The maximum Gasteiger partial charge on any atom is 0.245 e. The molecule has 7 heteroatoms. The summed E-state index contributed by atoms with van der Waals surface area (Å²) in [5.41, 5.74) is 7.05. The van der Waals surface area contributed by atoms with Crippen molar-refractivity contribution in [2.45, 2.75) is 25.9 Å². The number of nitrogens with zero attached hydrogens (tertiary/aromatic N) is 2. The van der Waals surface area contributed by atoms with Crippen LogP contribution in [0.2, 0.25) is 0 Å². The van der Waals surface area contributed by atoms with Gasteiger partial charge in [0, 0.05) is 18.8 Å². The Morgan fingerprint density at radius 3 is 3.05 bits per heavy atom. The van der Waals surface area contributed by atoms with Crippen LogP contribution in [0.1, 0.15) is 19.5 Å². The summed E-state index contributed by atoms with van der Waals surface area (Å²) < 4.78 is 5.45. The van der Waals surface area contributed by atoms with Gasteiger partial charge in [-0.05, 0) is 26.0 Å². The van der Waals surface area contributed by atoms with Crippen LogP contribution in [0.3, 0.4) is 0 Å². The van der Waals surface area contributed by atoms with Crippen LogP contribution in [0.15, 0.2) is 18.3 Å². The van der Waals surface area contributed by atoms with Crippen LogP contribution >= 0.6 is 12.2 Å². The minimum Gasteiger partial charge on any atom is -0.388 e. The first-order valence-electron chi connectivity index (χ1n) is 6.90. The minimum atomic E-state index is -0.404. The van der Waals surface area contributed by atoms with Gasteiger partial charge in [0.15, 0.2) is 0 Å². The van der Waals surface area contributed by atoms with E-state index in [-0.39, 0.29) is 16.9 Å². The molecule has 2 rings (SSSR count). The van der Waals surface area contributed by atoms with Gasteiger partial charge in [-0.1, -0.05) is 12.2 Å². The number of nitrogens with one attached hydrogen (secondary N) is 1. The lowest BCUT2D eigenvalue weighted by Gasteiger charge is -2.37. The molecule has 2 heterocycles. The van der Waals surface area contributed by atoms with Gasteiger partial charge in [0.1, 0.15) is 16.7 Å². The van der Waals surface area contributed by atoms with Crippen LogP contribution in [-0.2, 0) is 9.53 Å². The fourth-order valence-electron chi connectivity index (χ4n) is 2.31. The molecule has 1 amide bonds. The molecule has 1 aliphatic heterocycles. The van der Waals surface area contributed by atoms with Gasteiger partial charge in [-0.25, -0.2) is 0 Å². The summed E-state index contributed by atoms with van der Waals surface area (Å²) in [6.07, 6.45) is 1.64. The largest absolute Gasteiger partial charge is 0.388 e. The third-order valence-corrected chi connectivity index (χ3v) is 3.38. The van der Waals surface area contributed by atoms with Crippen molar-refractivity contribution >= 4 is 28.8 Å². The maximum absolute atomic E-state index is 12.4. The van der Waals surface area contributed by atoms with E-state index in [1.54, 1.807) is 6.20 Å². The Morgan fingerprint density at radius 2 is 2.38 bits per heavy atom. The molecule has 0 spiro atoms. The highest BCUT2D eigenvalue weighted by atomic mass is 32.1. The van der Waals surface area contributed by atoms with E-state index in [2.05, 4.69) is 10.3 Å². The second-order valence-corrected chi connectivity index (χ2v) is 5.62. The number of carbonyl (C=O) groups excluding carboxylic acids is 1. The molecule has 0 bridgehead atoms. The van der Waals surface area contributed by atoms with E-state index in [0.717, 1.165) is 5.69 Å². The number of anilines is 1.